The maximum absolute atomic E-state index is 11.5. The van der Waals surface area contributed by atoms with E-state index in [1.54, 1.807) is 6.21 Å². The van der Waals surface area contributed by atoms with Crippen molar-refractivity contribution in [3.05, 3.63) is 76.8 Å². The van der Waals surface area contributed by atoms with Crippen LogP contribution < -0.4 is 10.5 Å². The van der Waals surface area contributed by atoms with Crippen LogP contribution in [-0.4, -0.2) is 17.7 Å². The average molecular weight is 383 g/mol. The number of hydrogen-bond donors (Lipinski definition) is 1. The Morgan fingerprint density at radius 2 is 1.81 bits per heavy atom. The highest BCUT2D eigenvalue weighted by atomic mass is 35.5. The van der Waals surface area contributed by atoms with Gasteiger partial charge >= 0.3 is 0 Å². The summed E-state index contributed by atoms with van der Waals surface area (Å²) in [7, 11) is 0. The molecule has 1 aliphatic rings. The summed E-state index contributed by atoms with van der Waals surface area (Å²) < 4.78 is 5.83. The summed E-state index contributed by atoms with van der Waals surface area (Å²) in [6, 6.07) is 15.6. The predicted octanol–water partition coefficient (Wildman–Crippen LogP) is 4.35. The van der Waals surface area contributed by atoms with Crippen molar-refractivity contribution in [2.24, 2.45) is 16.6 Å². The predicted molar refractivity (Wildman–Crippen MR) is 109 cm³/mol. The highest BCUT2D eigenvalue weighted by molar-refractivity contribution is 6.30. The molecule has 1 heterocycles. The van der Waals surface area contributed by atoms with Crippen LogP contribution in [0.25, 0.3) is 0 Å². The van der Waals surface area contributed by atoms with E-state index < -0.39 is 5.54 Å². The minimum atomic E-state index is -0.403. The number of nitrogens with zero attached hydrogens (tertiary/aromatic N) is 1. The fourth-order valence-corrected chi connectivity index (χ4v) is 3.32. The molecule has 5 heteroatoms. The topological polar surface area (TPSA) is 64.7 Å². The van der Waals surface area contributed by atoms with E-state index in [0.717, 1.165) is 23.3 Å². The van der Waals surface area contributed by atoms with Gasteiger partial charge < -0.3 is 10.5 Å². The second-order valence-corrected chi connectivity index (χ2v) is 7.42. The number of aliphatic imine (C=N–C) groups is 1. The molecule has 0 radical (unpaired) electrons. The summed E-state index contributed by atoms with van der Waals surface area (Å²) in [5.41, 5.74) is 7.23. The lowest BCUT2D eigenvalue weighted by molar-refractivity contribution is -0.121. The van der Waals surface area contributed by atoms with Gasteiger partial charge in [-0.2, -0.15) is 0 Å². The number of carbonyl (C=O) groups excluding carboxylic acids is 1. The maximum Gasteiger partial charge on any atom is 0.220 e. The smallest absolute Gasteiger partial charge is 0.220 e. The molecular formula is C22H23ClN2O2. The second-order valence-electron chi connectivity index (χ2n) is 6.98. The molecule has 0 aromatic heterocycles. The Morgan fingerprint density at radius 3 is 2.41 bits per heavy atom. The summed E-state index contributed by atoms with van der Waals surface area (Å²) in [6.07, 6.45) is 7.09. The molecule has 0 saturated carbocycles. The van der Waals surface area contributed by atoms with Crippen LogP contribution in [0.5, 0.6) is 5.75 Å². The van der Waals surface area contributed by atoms with Gasteiger partial charge in [-0.25, -0.2) is 0 Å². The van der Waals surface area contributed by atoms with Gasteiger partial charge in [-0.15, -0.1) is 0 Å². The van der Waals surface area contributed by atoms with Gasteiger partial charge in [-0.05, 0) is 47.9 Å². The Balaban J connectivity index is 1.62. The molecule has 2 N–H and O–H groups in total. The molecule has 0 bridgehead atoms. The third kappa shape index (κ3) is 5.20. The summed E-state index contributed by atoms with van der Waals surface area (Å²) in [5, 5.41) is 0.714. The molecule has 0 spiro atoms. The summed E-state index contributed by atoms with van der Waals surface area (Å²) in [5.74, 6) is 0.279. The fraction of sp³-hybridized carbons (Fsp3) is 0.273. The first-order chi connectivity index (χ1) is 13.0. The first-order valence-electron chi connectivity index (χ1n) is 8.94. The zero-order valence-corrected chi connectivity index (χ0v) is 16.0. The van der Waals surface area contributed by atoms with E-state index in [4.69, 9.17) is 22.1 Å². The molecule has 2 atom stereocenters. The third-order valence-corrected chi connectivity index (χ3v) is 4.97. The van der Waals surface area contributed by atoms with Gasteiger partial charge in [0.2, 0.25) is 5.91 Å². The van der Waals surface area contributed by atoms with E-state index in [0.29, 0.717) is 18.1 Å². The number of rotatable bonds is 8. The van der Waals surface area contributed by atoms with Crippen molar-refractivity contribution in [2.75, 3.05) is 0 Å². The molecule has 2 aromatic rings. The second kappa shape index (κ2) is 8.40. The first kappa shape index (κ1) is 19.2. The van der Waals surface area contributed by atoms with E-state index in [1.165, 1.54) is 0 Å². The van der Waals surface area contributed by atoms with Crippen LogP contribution in [-0.2, 0) is 17.8 Å². The number of ether oxygens (including phenoxy) is 1. The van der Waals surface area contributed by atoms with Gasteiger partial charge in [0.15, 0.2) is 0 Å². The van der Waals surface area contributed by atoms with Gasteiger partial charge in [0.25, 0.3) is 0 Å². The van der Waals surface area contributed by atoms with Crippen LogP contribution >= 0.6 is 11.6 Å². The van der Waals surface area contributed by atoms with E-state index in [2.05, 4.69) is 11.1 Å². The van der Waals surface area contributed by atoms with Gasteiger partial charge in [-0.3, -0.25) is 9.79 Å². The summed E-state index contributed by atoms with van der Waals surface area (Å²) in [4.78, 5) is 16.1. The molecule has 4 nitrogen and oxygen atoms in total. The fourth-order valence-electron chi connectivity index (χ4n) is 3.19. The van der Waals surface area contributed by atoms with E-state index >= 15 is 0 Å². The molecule has 3 rings (SSSR count). The third-order valence-electron chi connectivity index (χ3n) is 4.72. The van der Waals surface area contributed by atoms with E-state index in [9.17, 15) is 4.79 Å². The normalized spacial score (nSPS) is 19.2. The number of hydrogen-bond acceptors (Lipinski definition) is 3. The SMILES string of the molecule is CC(CC1(Cc2ccc(OCc3ccc(Cl)cc3)cc2)C=CC=N1)C(N)=O. The van der Waals surface area contributed by atoms with Crippen molar-refractivity contribution in [1.82, 2.24) is 0 Å². The van der Waals surface area contributed by atoms with Crippen LogP contribution in [0.1, 0.15) is 24.5 Å². The van der Waals surface area contributed by atoms with Crippen LogP contribution in [0.15, 0.2) is 65.7 Å². The van der Waals surface area contributed by atoms with Gasteiger partial charge in [0.05, 0.1) is 5.54 Å². The number of nitrogens with two attached hydrogens (primary N) is 1. The standard InChI is InChI=1S/C22H23ClN2O2/c1-16(21(24)26)13-22(11-2-12-25-22)14-17-5-9-20(10-6-17)27-15-18-3-7-19(23)8-4-18/h2-12,16H,13-15H2,1H3,(H2,24,26). The highest BCUT2D eigenvalue weighted by Crippen LogP contribution is 2.30. The first-order valence-corrected chi connectivity index (χ1v) is 9.32. The monoisotopic (exact) mass is 382 g/mol. The Bertz CT molecular complexity index is 830. The van der Waals surface area contributed by atoms with Crippen molar-refractivity contribution in [3.63, 3.8) is 0 Å². The lowest BCUT2D eigenvalue weighted by Crippen LogP contribution is -2.33. The molecule has 1 aliphatic heterocycles. The quantitative estimate of drug-likeness (QED) is 0.737. The molecule has 27 heavy (non-hydrogen) atoms. The molecule has 1 amide bonds. The molecule has 2 aromatic carbocycles. The summed E-state index contributed by atoms with van der Waals surface area (Å²) >= 11 is 5.89. The van der Waals surface area contributed by atoms with Crippen LogP contribution in [0.3, 0.4) is 0 Å². The Hall–Kier alpha value is -2.59. The van der Waals surface area contributed by atoms with Gasteiger partial charge in [0, 0.05) is 23.6 Å². The number of carbonyl (C=O) groups is 1. The zero-order chi connectivity index (χ0) is 19.3. The number of primary amides is 1. The Morgan fingerprint density at radius 1 is 1.15 bits per heavy atom. The molecule has 140 valence electrons. The highest BCUT2D eigenvalue weighted by Gasteiger charge is 2.31. The lowest BCUT2D eigenvalue weighted by atomic mass is 9.83. The summed E-state index contributed by atoms with van der Waals surface area (Å²) in [6.45, 7) is 2.34. The minimum absolute atomic E-state index is 0.230. The van der Waals surface area contributed by atoms with Gasteiger partial charge in [0.1, 0.15) is 12.4 Å². The van der Waals surface area contributed by atoms with E-state index in [1.807, 2.05) is 61.5 Å². The molecule has 0 aliphatic carbocycles. The zero-order valence-electron chi connectivity index (χ0n) is 15.3. The maximum atomic E-state index is 11.5. The van der Waals surface area contributed by atoms with Crippen molar-refractivity contribution in [2.45, 2.75) is 31.9 Å². The number of allylic oxidation sites excluding steroid dienone is 1. The number of amides is 1. The average Bonchev–Trinajstić information content (AvgIpc) is 3.10. The molecule has 2 unspecified atom stereocenters. The molecular weight excluding hydrogens is 360 g/mol. The van der Waals surface area contributed by atoms with Crippen molar-refractivity contribution < 1.29 is 9.53 Å². The number of benzene rings is 2. The largest absolute Gasteiger partial charge is 0.489 e. The van der Waals surface area contributed by atoms with Crippen LogP contribution in [0, 0.1) is 5.92 Å². The van der Waals surface area contributed by atoms with E-state index in [-0.39, 0.29) is 11.8 Å². The minimum Gasteiger partial charge on any atom is -0.489 e. The Labute approximate surface area is 164 Å². The number of halogens is 1. The lowest BCUT2D eigenvalue weighted by Gasteiger charge is -2.26. The Kier molecular flexibility index (Phi) is 5.97. The van der Waals surface area contributed by atoms with Crippen molar-refractivity contribution in [1.29, 1.82) is 0 Å². The molecule has 0 fully saturated rings. The molecule has 0 saturated heterocycles. The van der Waals surface area contributed by atoms with Crippen molar-refractivity contribution in [3.8, 4) is 5.75 Å². The van der Waals surface area contributed by atoms with Crippen LogP contribution in [0.4, 0.5) is 0 Å². The van der Waals surface area contributed by atoms with Crippen LogP contribution in [0.2, 0.25) is 5.02 Å². The van der Waals surface area contributed by atoms with Gasteiger partial charge in [-0.1, -0.05) is 48.9 Å². The van der Waals surface area contributed by atoms with Crippen molar-refractivity contribution >= 4 is 23.7 Å².